The first-order chi connectivity index (χ1) is 10.0. The van der Waals surface area contributed by atoms with E-state index in [1.54, 1.807) is 0 Å². The first kappa shape index (κ1) is 16.1. The summed E-state index contributed by atoms with van der Waals surface area (Å²) >= 11 is 6.33. The van der Waals surface area contributed by atoms with Crippen LogP contribution in [0.4, 0.5) is 0 Å². The third-order valence-corrected chi connectivity index (χ3v) is 4.21. The van der Waals surface area contributed by atoms with Crippen molar-refractivity contribution in [1.29, 1.82) is 0 Å². The lowest BCUT2D eigenvalue weighted by atomic mass is 10.1. The Morgan fingerprint density at radius 1 is 1.24 bits per heavy atom. The van der Waals surface area contributed by atoms with Gasteiger partial charge in [0.05, 0.1) is 12.2 Å². The predicted octanol–water partition coefficient (Wildman–Crippen LogP) is 3.66. The molecule has 0 radical (unpaired) electrons. The molecule has 1 N–H and O–H groups in total. The van der Waals surface area contributed by atoms with Crippen molar-refractivity contribution in [1.82, 2.24) is 15.1 Å². The van der Waals surface area contributed by atoms with Gasteiger partial charge in [0.1, 0.15) is 0 Å². The summed E-state index contributed by atoms with van der Waals surface area (Å²) in [5, 5.41) is 8.86. The van der Waals surface area contributed by atoms with Crippen molar-refractivity contribution in [3.8, 4) is 0 Å². The number of aryl methyl sites for hydroxylation is 2. The third kappa shape index (κ3) is 3.86. The summed E-state index contributed by atoms with van der Waals surface area (Å²) in [6.07, 6.45) is 1.02. The smallest absolute Gasteiger partial charge is 0.0677 e. The van der Waals surface area contributed by atoms with E-state index in [2.05, 4.69) is 54.9 Å². The maximum absolute atomic E-state index is 6.33. The fourth-order valence-corrected chi connectivity index (χ4v) is 2.88. The molecule has 0 saturated heterocycles. The van der Waals surface area contributed by atoms with E-state index in [0.29, 0.717) is 0 Å². The predicted molar refractivity (Wildman–Crippen MR) is 89.2 cm³/mol. The van der Waals surface area contributed by atoms with Crippen LogP contribution in [0, 0.1) is 20.8 Å². The second-order valence-electron chi connectivity index (χ2n) is 5.51. The Hall–Kier alpha value is -1.32. The Morgan fingerprint density at radius 2 is 2.00 bits per heavy atom. The first-order valence-electron chi connectivity index (χ1n) is 7.51. The van der Waals surface area contributed by atoms with Gasteiger partial charge in [0.15, 0.2) is 0 Å². The van der Waals surface area contributed by atoms with Crippen molar-refractivity contribution in [2.45, 2.75) is 40.7 Å². The lowest BCUT2D eigenvalue weighted by Crippen LogP contribution is -2.16. The van der Waals surface area contributed by atoms with Gasteiger partial charge >= 0.3 is 0 Å². The quantitative estimate of drug-likeness (QED) is 0.825. The minimum absolute atomic E-state index is 0.729. The minimum atomic E-state index is 0.729. The van der Waals surface area contributed by atoms with Gasteiger partial charge in [-0.05, 0) is 63.0 Å². The van der Waals surface area contributed by atoms with E-state index in [-0.39, 0.29) is 0 Å². The minimum Gasteiger partial charge on any atom is -0.317 e. The zero-order chi connectivity index (χ0) is 15.4. The average molecular weight is 306 g/mol. The summed E-state index contributed by atoms with van der Waals surface area (Å²) in [6, 6.07) is 6.19. The molecule has 2 rings (SSSR count). The van der Waals surface area contributed by atoms with Crippen LogP contribution >= 0.6 is 11.6 Å². The van der Waals surface area contributed by atoms with E-state index < -0.39 is 0 Å². The molecule has 1 aromatic heterocycles. The number of aromatic nitrogens is 2. The van der Waals surface area contributed by atoms with Crippen molar-refractivity contribution < 1.29 is 0 Å². The van der Waals surface area contributed by atoms with Crippen LogP contribution in [-0.4, -0.2) is 22.9 Å². The number of hydrogen-bond donors (Lipinski definition) is 1. The second kappa shape index (κ2) is 7.10. The molecule has 0 aliphatic heterocycles. The van der Waals surface area contributed by atoms with E-state index in [4.69, 9.17) is 11.6 Å². The molecule has 0 fully saturated rings. The molecule has 0 aliphatic rings. The molecule has 1 heterocycles. The highest BCUT2D eigenvalue weighted by Crippen LogP contribution is 2.21. The molecule has 4 heteroatoms. The van der Waals surface area contributed by atoms with E-state index in [1.165, 1.54) is 16.8 Å². The van der Waals surface area contributed by atoms with Crippen LogP contribution in [0.15, 0.2) is 18.2 Å². The lowest BCUT2D eigenvalue weighted by molar-refractivity contribution is 0.656. The Balaban J connectivity index is 2.19. The lowest BCUT2D eigenvalue weighted by Gasteiger charge is -2.08. The van der Waals surface area contributed by atoms with Gasteiger partial charge in [0.25, 0.3) is 0 Å². The van der Waals surface area contributed by atoms with Crippen LogP contribution in [0.2, 0.25) is 5.02 Å². The Bertz CT molecular complexity index is 617. The van der Waals surface area contributed by atoms with Gasteiger partial charge < -0.3 is 5.32 Å². The molecule has 0 spiro atoms. The second-order valence-corrected chi connectivity index (χ2v) is 5.91. The van der Waals surface area contributed by atoms with Gasteiger partial charge in [-0.1, -0.05) is 30.7 Å². The molecule has 1 aromatic carbocycles. The number of rotatable bonds is 6. The van der Waals surface area contributed by atoms with Gasteiger partial charge in [-0.25, -0.2) is 0 Å². The normalized spacial score (nSPS) is 11.1. The topological polar surface area (TPSA) is 29.9 Å². The summed E-state index contributed by atoms with van der Waals surface area (Å²) in [6.45, 7) is 11.1. The van der Waals surface area contributed by atoms with Gasteiger partial charge in [-0.3, -0.25) is 4.68 Å². The fraction of sp³-hybridized carbons (Fsp3) is 0.471. The number of likely N-dealkylation sites (N-methyl/N-ethyl adjacent to an activating group) is 1. The average Bonchev–Trinajstić information content (AvgIpc) is 2.69. The Kier molecular flexibility index (Phi) is 5.43. The molecule has 0 bridgehead atoms. The summed E-state index contributed by atoms with van der Waals surface area (Å²) in [5.74, 6) is 0. The molecular weight excluding hydrogens is 282 g/mol. The summed E-state index contributed by atoms with van der Waals surface area (Å²) < 4.78 is 2.06. The molecule has 0 saturated carbocycles. The highest BCUT2D eigenvalue weighted by molar-refractivity contribution is 6.31. The van der Waals surface area contributed by atoms with Crippen molar-refractivity contribution in [2.24, 2.45) is 0 Å². The van der Waals surface area contributed by atoms with Crippen LogP contribution in [0.3, 0.4) is 0 Å². The van der Waals surface area contributed by atoms with Crippen LogP contribution in [0.5, 0.6) is 0 Å². The Morgan fingerprint density at radius 3 is 2.67 bits per heavy atom. The molecule has 2 aromatic rings. The zero-order valence-electron chi connectivity index (χ0n) is 13.3. The number of nitrogens with one attached hydrogen (secondary N) is 1. The maximum Gasteiger partial charge on any atom is 0.0677 e. The summed E-state index contributed by atoms with van der Waals surface area (Å²) in [4.78, 5) is 0. The molecule has 21 heavy (non-hydrogen) atoms. The number of hydrogen-bond acceptors (Lipinski definition) is 2. The molecule has 3 nitrogen and oxygen atoms in total. The van der Waals surface area contributed by atoms with Crippen LogP contribution in [0.1, 0.15) is 35.0 Å². The summed E-state index contributed by atoms with van der Waals surface area (Å²) in [5.41, 5.74) is 6.00. The summed E-state index contributed by atoms with van der Waals surface area (Å²) in [7, 11) is 0. The fourth-order valence-electron chi connectivity index (χ4n) is 2.58. The highest BCUT2D eigenvalue weighted by Gasteiger charge is 2.12. The van der Waals surface area contributed by atoms with Gasteiger partial charge in [0, 0.05) is 10.7 Å². The van der Waals surface area contributed by atoms with Crippen LogP contribution < -0.4 is 5.32 Å². The van der Waals surface area contributed by atoms with Crippen molar-refractivity contribution in [3.63, 3.8) is 0 Å². The Labute approximate surface area is 132 Å². The standard InChI is InChI=1S/C17H24ClN3/c1-5-19-9-8-16-13(3)20-21(14(16)4)11-15-7-6-12(2)10-17(15)18/h6-7,10,19H,5,8-9,11H2,1-4H3. The van der Waals surface area contributed by atoms with Gasteiger partial charge in [0.2, 0.25) is 0 Å². The zero-order valence-corrected chi connectivity index (χ0v) is 14.1. The number of nitrogens with zero attached hydrogens (tertiary/aromatic N) is 2. The molecule has 0 amide bonds. The van der Waals surface area contributed by atoms with E-state index in [0.717, 1.165) is 42.3 Å². The van der Waals surface area contributed by atoms with Gasteiger partial charge in [-0.15, -0.1) is 0 Å². The largest absolute Gasteiger partial charge is 0.317 e. The van der Waals surface area contributed by atoms with Crippen molar-refractivity contribution in [3.05, 3.63) is 51.3 Å². The van der Waals surface area contributed by atoms with Crippen LogP contribution in [0.25, 0.3) is 0 Å². The number of halogens is 1. The molecule has 0 atom stereocenters. The molecule has 0 unspecified atom stereocenters. The first-order valence-corrected chi connectivity index (χ1v) is 7.89. The van der Waals surface area contributed by atoms with Gasteiger partial charge in [-0.2, -0.15) is 5.10 Å². The highest BCUT2D eigenvalue weighted by atomic mass is 35.5. The van der Waals surface area contributed by atoms with E-state index in [9.17, 15) is 0 Å². The SMILES string of the molecule is CCNCCc1c(C)nn(Cc2ccc(C)cc2Cl)c1C. The van der Waals surface area contributed by atoms with Crippen molar-refractivity contribution >= 4 is 11.6 Å². The van der Waals surface area contributed by atoms with E-state index >= 15 is 0 Å². The van der Waals surface area contributed by atoms with Crippen LogP contribution in [-0.2, 0) is 13.0 Å². The van der Waals surface area contributed by atoms with Crippen molar-refractivity contribution in [2.75, 3.05) is 13.1 Å². The molecular formula is C17H24ClN3. The number of benzene rings is 1. The maximum atomic E-state index is 6.33. The molecule has 114 valence electrons. The van der Waals surface area contributed by atoms with E-state index in [1.807, 2.05) is 6.07 Å². The monoisotopic (exact) mass is 305 g/mol. The third-order valence-electron chi connectivity index (χ3n) is 3.86. The molecule has 0 aliphatic carbocycles.